The molecule has 1 amide bonds. The van der Waals surface area contributed by atoms with Crippen LogP contribution in [-0.4, -0.2) is 45.5 Å². The SMILES string of the molecule is CCc1nnc(CN2CCCC3(CCC(=O)N(Cc4ccccc4)C3)C2)o1. The van der Waals surface area contributed by atoms with E-state index in [2.05, 4.69) is 32.1 Å². The van der Waals surface area contributed by atoms with Crippen LogP contribution in [0.25, 0.3) is 0 Å². The summed E-state index contributed by atoms with van der Waals surface area (Å²) < 4.78 is 5.70. The number of aromatic nitrogens is 2. The van der Waals surface area contributed by atoms with Gasteiger partial charge < -0.3 is 9.32 Å². The summed E-state index contributed by atoms with van der Waals surface area (Å²) in [6, 6.07) is 10.3. The Morgan fingerprint density at radius 2 is 1.89 bits per heavy atom. The quantitative estimate of drug-likeness (QED) is 0.812. The summed E-state index contributed by atoms with van der Waals surface area (Å²) >= 11 is 0. The molecule has 0 radical (unpaired) electrons. The molecule has 0 bridgehead atoms. The van der Waals surface area contributed by atoms with Crippen molar-refractivity contribution in [3.8, 4) is 0 Å². The molecule has 1 atom stereocenters. The predicted octanol–water partition coefficient (Wildman–Crippen LogP) is 3.04. The first-order chi connectivity index (χ1) is 13.2. The van der Waals surface area contributed by atoms with Crippen LogP contribution < -0.4 is 0 Å². The van der Waals surface area contributed by atoms with Gasteiger partial charge in [-0.15, -0.1) is 10.2 Å². The summed E-state index contributed by atoms with van der Waals surface area (Å²) in [7, 11) is 0. The third-order valence-corrected chi connectivity index (χ3v) is 5.87. The van der Waals surface area contributed by atoms with Crippen molar-refractivity contribution >= 4 is 5.91 Å². The lowest BCUT2D eigenvalue weighted by molar-refractivity contribution is -0.140. The second-order valence-electron chi connectivity index (χ2n) is 7.99. The molecular formula is C21H28N4O2. The zero-order valence-corrected chi connectivity index (χ0v) is 16.1. The molecule has 0 aliphatic carbocycles. The van der Waals surface area contributed by atoms with Crippen LogP contribution >= 0.6 is 0 Å². The van der Waals surface area contributed by atoms with E-state index in [1.807, 2.05) is 25.1 Å². The van der Waals surface area contributed by atoms with Gasteiger partial charge in [0.2, 0.25) is 17.7 Å². The molecule has 2 fully saturated rings. The van der Waals surface area contributed by atoms with Crippen LogP contribution in [0, 0.1) is 5.41 Å². The summed E-state index contributed by atoms with van der Waals surface area (Å²) in [6.45, 7) is 6.34. The van der Waals surface area contributed by atoms with Gasteiger partial charge in [-0.2, -0.15) is 0 Å². The highest BCUT2D eigenvalue weighted by Gasteiger charge is 2.41. The number of hydrogen-bond donors (Lipinski definition) is 0. The molecular weight excluding hydrogens is 340 g/mol. The maximum atomic E-state index is 12.5. The third kappa shape index (κ3) is 4.21. The molecule has 0 N–H and O–H groups in total. The molecule has 144 valence electrons. The van der Waals surface area contributed by atoms with E-state index >= 15 is 0 Å². The number of nitrogens with zero attached hydrogens (tertiary/aromatic N) is 4. The molecule has 4 rings (SSSR count). The standard InChI is InChI=1S/C21H28N4O2/c1-2-18-22-23-19(27-18)14-24-12-6-10-21(15-24)11-9-20(26)25(16-21)13-17-7-4-3-5-8-17/h3-5,7-8H,2,6,9-16H2,1H3. The van der Waals surface area contributed by atoms with Gasteiger partial charge in [0.05, 0.1) is 6.54 Å². The fourth-order valence-corrected chi connectivity index (χ4v) is 4.51. The number of carbonyl (C=O) groups is 1. The van der Waals surface area contributed by atoms with E-state index in [-0.39, 0.29) is 11.3 Å². The number of rotatable bonds is 5. The Bertz CT molecular complexity index is 775. The molecule has 1 unspecified atom stereocenters. The summed E-state index contributed by atoms with van der Waals surface area (Å²) in [5, 5.41) is 8.25. The molecule has 2 aromatic rings. The topological polar surface area (TPSA) is 62.5 Å². The molecule has 1 aromatic carbocycles. The lowest BCUT2D eigenvalue weighted by Crippen LogP contribution is -2.53. The van der Waals surface area contributed by atoms with E-state index in [9.17, 15) is 4.79 Å². The monoisotopic (exact) mass is 368 g/mol. The van der Waals surface area contributed by atoms with Crippen molar-refractivity contribution in [2.24, 2.45) is 5.41 Å². The van der Waals surface area contributed by atoms with Crippen molar-refractivity contribution < 1.29 is 9.21 Å². The Hall–Kier alpha value is -2.21. The van der Waals surface area contributed by atoms with Gasteiger partial charge in [0.15, 0.2) is 0 Å². The molecule has 2 aliphatic rings. The summed E-state index contributed by atoms with van der Waals surface area (Å²) in [5.74, 6) is 1.69. The molecule has 6 nitrogen and oxygen atoms in total. The predicted molar refractivity (Wildman–Crippen MR) is 102 cm³/mol. The van der Waals surface area contributed by atoms with Gasteiger partial charge in [0, 0.05) is 37.9 Å². The summed E-state index contributed by atoms with van der Waals surface area (Å²) in [6.07, 6.45) is 4.75. The normalized spacial score (nSPS) is 23.9. The first-order valence-corrected chi connectivity index (χ1v) is 10.0. The molecule has 2 saturated heterocycles. The fraction of sp³-hybridized carbons (Fsp3) is 0.571. The molecule has 0 saturated carbocycles. The Labute approximate surface area is 160 Å². The Morgan fingerprint density at radius 3 is 2.67 bits per heavy atom. The minimum Gasteiger partial charge on any atom is -0.424 e. The molecule has 6 heteroatoms. The van der Waals surface area contributed by atoms with Crippen LogP contribution in [0.2, 0.25) is 0 Å². The van der Waals surface area contributed by atoms with Crippen molar-refractivity contribution in [3.63, 3.8) is 0 Å². The lowest BCUT2D eigenvalue weighted by Gasteiger charge is -2.48. The number of hydrogen-bond acceptors (Lipinski definition) is 5. The number of benzene rings is 1. The zero-order chi connectivity index (χ0) is 18.7. The van der Waals surface area contributed by atoms with Crippen LogP contribution in [0.15, 0.2) is 34.7 Å². The van der Waals surface area contributed by atoms with E-state index < -0.39 is 0 Å². The van der Waals surface area contributed by atoms with Crippen molar-refractivity contribution in [2.45, 2.75) is 52.1 Å². The molecule has 1 aromatic heterocycles. The van der Waals surface area contributed by atoms with Crippen molar-refractivity contribution in [2.75, 3.05) is 19.6 Å². The average molecular weight is 368 g/mol. The van der Waals surface area contributed by atoms with Crippen LogP contribution in [0.5, 0.6) is 0 Å². The highest BCUT2D eigenvalue weighted by atomic mass is 16.4. The van der Waals surface area contributed by atoms with Gasteiger partial charge in [0.1, 0.15) is 0 Å². The van der Waals surface area contributed by atoms with Crippen LogP contribution in [0.1, 0.15) is 50.0 Å². The van der Waals surface area contributed by atoms with E-state index in [1.54, 1.807) is 0 Å². The molecule has 27 heavy (non-hydrogen) atoms. The second kappa shape index (κ2) is 7.80. The van der Waals surface area contributed by atoms with Gasteiger partial charge in [-0.1, -0.05) is 37.3 Å². The van der Waals surface area contributed by atoms with Crippen molar-refractivity contribution in [3.05, 3.63) is 47.7 Å². The summed E-state index contributed by atoms with van der Waals surface area (Å²) in [4.78, 5) is 17.0. The summed E-state index contributed by atoms with van der Waals surface area (Å²) in [5.41, 5.74) is 1.39. The Balaban J connectivity index is 1.42. The number of carbonyl (C=O) groups excluding carboxylic acids is 1. The van der Waals surface area contributed by atoms with E-state index in [0.717, 1.165) is 38.9 Å². The second-order valence-corrected chi connectivity index (χ2v) is 7.99. The molecule has 1 spiro atoms. The third-order valence-electron chi connectivity index (χ3n) is 5.87. The number of likely N-dealkylation sites (tertiary alicyclic amines) is 2. The zero-order valence-electron chi connectivity index (χ0n) is 16.1. The first-order valence-electron chi connectivity index (χ1n) is 10.0. The van der Waals surface area contributed by atoms with Crippen LogP contribution in [0.4, 0.5) is 0 Å². The minimum absolute atomic E-state index is 0.189. The van der Waals surface area contributed by atoms with Gasteiger partial charge in [0.25, 0.3) is 0 Å². The van der Waals surface area contributed by atoms with Gasteiger partial charge in [-0.05, 0) is 31.4 Å². The largest absolute Gasteiger partial charge is 0.424 e. The first kappa shape index (κ1) is 18.2. The maximum Gasteiger partial charge on any atom is 0.230 e. The van der Waals surface area contributed by atoms with Crippen LogP contribution in [0.3, 0.4) is 0 Å². The fourth-order valence-electron chi connectivity index (χ4n) is 4.51. The Morgan fingerprint density at radius 1 is 1.07 bits per heavy atom. The maximum absolute atomic E-state index is 12.5. The number of piperidine rings is 2. The van der Waals surface area contributed by atoms with Crippen molar-refractivity contribution in [1.29, 1.82) is 0 Å². The van der Waals surface area contributed by atoms with E-state index in [1.165, 1.54) is 12.0 Å². The van der Waals surface area contributed by atoms with Gasteiger partial charge >= 0.3 is 0 Å². The highest BCUT2D eigenvalue weighted by molar-refractivity contribution is 5.77. The number of aryl methyl sites for hydroxylation is 1. The average Bonchev–Trinajstić information content (AvgIpc) is 3.14. The lowest BCUT2D eigenvalue weighted by atomic mass is 9.73. The number of amides is 1. The van der Waals surface area contributed by atoms with E-state index in [4.69, 9.17) is 4.42 Å². The van der Waals surface area contributed by atoms with Gasteiger partial charge in [-0.3, -0.25) is 9.69 Å². The van der Waals surface area contributed by atoms with Crippen LogP contribution in [-0.2, 0) is 24.3 Å². The van der Waals surface area contributed by atoms with Crippen molar-refractivity contribution in [1.82, 2.24) is 20.0 Å². The molecule has 2 aliphatic heterocycles. The van der Waals surface area contributed by atoms with Gasteiger partial charge in [-0.25, -0.2) is 0 Å². The van der Waals surface area contributed by atoms with E-state index in [0.29, 0.717) is 31.3 Å². The highest BCUT2D eigenvalue weighted by Crippen LogP contribution is 2.39. The molecule has 3 heterocycles. The minimum atomic E-state index is 0.189. The smallest absolute Gasteiger partial charge is 0.230 e. The Kier molecular flexibility index (Phi) is 5.25.